The van der Waals surface area contributed by atoms with Crippen molar-refractivity contribution in [3.05, 3.63) is 30.8 Å². The lowest BCUT2D eigenvalue weighted by Gasteiger charge is -2.13. The van der Waals surface area contributed by atoms with Gasteiger partial charge in [-0.1, -0.05) is 6.58 Å². The highest BCUT2D eigenvalue weighted by Gasteiger charge is 2.11. The van der Waals surface area contributed by atoms with Crippen LogP contribution in [0.4, 0.5) is 0 Å². The Labute approximate surface area is 101 Å². The lowest BCUT2D eigenvalue weighted by molar-refractivity contribution is -0.152. The molecule has 0 fully saturated rings. The van der Waals surface area contributed by atoms with Gasteiger partial charge >= 0.3 is 11.9 Å². The van der Waals surface area contributed by atoms with E-state index in [1.165, 1.54) is 7.11 Å². The normalized spacial score (nSPS) is 8.59. The quantitative estimate of drug-likeness (QED) is 0.322. The number of esters is 1. The zero-order chi connectivity index (χ0) is 13.1. The first-order chi connectivity index (χ1) is 8.15. The number of hydrogen-bond donors (Lipinski definition) is 1. The van der Waals surface area contributed by atoms with Crippen molar-refractivity contribution >= 4 is 11.9 Å². The summed E-state index contributed by atoms with van der Waals surface area (Å²) in [5.41, 5.74) is 2.92. The maximum atomic E-state index is 11.0. The van der Waals surface area contributed by atoms with Crippen molar-refractivity contribution in [1.82, 2.24) is 10.2 Å². The molecule has 0 rings (SSSR count). The number of carbonyl (C=O) groups is 2. The van der Waals surface area contributed by atoms with E-state index in [1.807, 2.05) is 11.8 Å². The van der Waals surface area contributed by atoms with Crippen molar-refractivity contribution in [3.8, 4) is 0 Å². The van der Waals surface area contributed by atoms with E-state index in [2.05, 4.69) is 22.4 Å². The Morgan fingerprint density at radius 3 is 2.76 bits per heavy atom. The summed E-state index contributed by atoms with van der Waals surface area (Å²) < 4.78 is 4.27. The predicted octanol–water partition coefficient (Wildman–Crippen LogP) is 0.800. The summed E-state index contributed by atoms with van der Waals surface area (Å²) >= 11 is 0. The zero-order valence-electron chi connectivity index (χ0n) is 10.2. The molecule has 5 nitrogen and oxygen atoms in total. The van der Waals surface area contributed by atoms with Crippen LogP contribution in [0.3, 0.4) is 0 Å². The van der Waals surface area contributed by atoms with E-state index in [9.17, 15) is 9.59 Å². The van der Waals surface area contributed by atoms with Gasteiger partial charge in [-0.2, -0.15) is 0 Å². The minimum absolute atomic E-state index is 0.405. The van der Waals surface area contributed by atoms with Crippen LogP contribution < -0.4 is 5.32 Å². The third-order valence-corrected chi connectivity index (χ3v) is 1.89. The number of ether oxygens (including phenoxy) is 1. The van der Waals surface area contributed by atoms with Crippen LogP contribution in [-0.4, -0.2) is 37.0 Å². The summed E-state index contributed by atoms with van der Waals surface area (Å²) in [6, 6.07) is 0. The maximum Gasteiger partial charge on any atom is 0.396 e. The largest absolute Gasteiger partial charge is 0.462 e. The fourth-order valence-corrected chi connectivity index (χ4v) is 1.01. The molecule has 0 bridgehead atoms. The second kappa shape index (κ2) is 9.24. The number of allylic oxidation sites excluding steroid dienone is 1. The van der Waals surface area contributed by atoms with Crippen molar-refractivity contribution in [2.45, 2.75) is 13.3 Å². The summed E-state index contributed by atoms with van der Waals surface area (Å²) in [6.45, 7) is 6.61. The standard InChI is InChI=1S/C12H18N2O3/c1-4-6-9-14(5-2)10-7-8-13-11(15)12(16)17-3/h4-5,9H,2,7-8,10H2,1,3H3,(H,13,15). The van der Waals surface area contributed by atoms with Gasteiger partial charge in [0.1, 0.15) is 0 Å². The van der Waals surface area contributed by atoms with Crippen LogP contribution in [0.25, 0.3) is 0 Å². The molecule has 0 radical (unpaired) electrons. The van der Waals surface area contributed by atoms with Gasteiger partial charge in [-0.15, -0.1) is 5.73 Å². The van der Waals surface area contributed by atoms with E-state index >= 15 is 0 Å². The van der Waals surface area contributed by atoms with Gasteiger partial charge in [-0.3, -0.25) is 4.79 Å². The number of hydrogen-bond acceptors (Lipinski definition) is 4. The van der Waals surface area contributed by atoms with Crippen LogP contribution >= 0.6 is 0 Å². The van der Waals surface area contributed by atoms with E-state index in [4.69, 9.17) is 0 Å². The van der Waals surface area contributed by atoms with Gasteiger partial charge in [-0.05, 0) is 25.6 Å². The van der Waals surface area contributed by atoms with E-state index < -0.39 is 11.9 Å². The Hall–Kier alpha value is -2.00. The molecule has 0 saturated carbocycles. The Morgan fingerprint density at radius 2 is 2.24 bits per heavy atom. The molecule has 1 N–H and O–H groups in total. The van der Waals surface area contributed by atoms with Crippen molar-refractivity contribution in [3.63, 3.8) is 0 Å². The molecular formula is C12H18N2O3. The smallest absolute Gasteiger partial charge is 0.396 e. The molecule has 0 aliphatic carbocycles. The number of rotatable bonds is 6. The molecule has 1 amide bonds. The molecule has 0 saturated heterocycles. The van der Waals surface area contributed by atoms with Crippen LogP contribution in [0.5, 0.6) is 0 Å². The van der Waals surface area contributed by atoms with Crippen molar-refractivity contribution < 1.29 is 14.3 Å². The van der Waals surface area contributed by atoms with Gasteiger partial charge in [0.15, 0.2) is 0 Å². The van der Waals surface area contributed by atoms with E-state index in [1.54, 1.807) is 18.5 Å². The molecule has 5 heteroatoms. The van der Waals surface area contributed by atoms with Crippen molar-refractivity contribution in [2.24, 2.45) is 0 Å². The summed E-state index contributed by atoms with van der Waals surface area (Å²) in [7, 11) is 1.17. The first-order valence-corrected chi connectivity index (χ1v) is 5.27. The Bertz CT molecular complexity index is 331. The molecule has 0 aliphatic rings. The summed E-state index contributed by atoms with van der Waals surface area (Å²) in [6.07, 6.45) is 5.90. The Balaban J connectivity index is 3.83. The highest BCUT2D eigenvalue weighted by Crippen LogP contribution is 1.92. The van der Waals surface area contributed by atoms with Crippen molar-refractivity contribution in [2.75, 3.05) is 20.2 Å². The number of nitrogens with one attached hydrogen (secondary N) is 1. The molecule has 0 aromatic rings. The first-order valence-electron chi connectivity index (χ1n) is 5.27. The highest BCUT2D eigenvalue weighted by molar-refractivity contribution is 6.32. The second-order valence-corrected chi connectivity index (χ2v) is 3.11. The molecule has 17 heavy (non-hydrogen) atoms. The van der Waals surface area contributed by atoms with Crippen molar-refractivity contribution in [1.29, 1.82) is 0 Å². The summed E-state index contributed by atoms with van der Waals surface area (Å²) in [5, 5.41) is 2.45. The number of methoxy groups -OCH3 is 1. The molecule has 0 aliphatic heterocycles. The van der Waals surface area contributed by atoms with Crippen LogP contribution in [-0.2, 0) is 14.3 Å². The predicted molar refractivity (Wildman–Crippen MR) is 64.9 cm³/mol. The molecule has 94 valence electrons. The van der Waals surface area contributed by atoms with Gasteiger partial charge in [0, 0.05) is 19.3 Å². The molecule has 0 heterocycles. The monoisotopic (exact) mass is 238 g/mol. The topological polar surface area (TPSA) is 58.6 Å². The van der Waals surface area contributed by atoms with Crippen LogP contribution in [0.2, 0.25) is 0 Å². The number of nitrogens with zero attached hydrogens (tertiary/aromatic N) is 1. The van der Waals surface area contributed by atoms with E-state index in [0.29, 0.717) is 19.5 Å². The molecular weight excluding hydrogens is 220 g/mol. The minimum atomic E-state index is -0.876. The molecule has 0 spiro atoms. The molecule has 0 atom stereocenters. The minimum Gasteiger partial charge on any atom is -0.462 e. The third kappa shape index (κ3) is 6.98. The number of carbonyl (C=O) groups excluding carboxylic acids is 2. The second-order valence-electron chi connectivity index (χ2n) is 3.11. The summed E-state index contributed by atoms with van der Waals surface area (Å²) in [5.74, 6) is -1.60. The average molecular weight is 238 g/mol. The first kappa shape index (κ1) is 15.0. The van der Waals surface area contributed by atoms with Gasteiger partial charge in [0.05, 0.1) is 7.11 Å². The van der Waals surface area contributed by atoms with E-state index in [0.717, 1.165) is 0 Å². The molecule has 0 aromatic heterocycles. The van der Waals surface area contributed by atoms with Gasteiger partial charge in [0.2, 0.25) is 0 Å². The van der Waals surface area contributed by atoms with Crippen LogP contribution in [0, 0.1) is 0 Å². The molecule has 0 unspecified atom stereocenters. The fraction of sp³-hybridized carbons (Fsp3) is 0.417. The number of amides is 1. The zero-order valence-corrected chi connectivity index (χ0v) is 10.2. The van der Waals surface area contributed by atoms with Crippen LogP contribution in [0.15, 0.2) is 30.8 Å². The lowest BCUT2D eigenvalue weighted by atomic mass is 10.4. The third-order valence-electron chi connectivity index (χ3n) is 1.89. The van der Waals surface area contributed by atoms with Crippen LogP contribution in [0.1, 0.15) is 13.3 Å². The summed E-state index contributed by atoms with van der Waals surface area (Å²) in [4.78, 5) is 23.6. The molecule has 0 aromatic carbocycles. The maximum absolute atomic E-state index is 11.0. The average Bonchev–Trinajstić information content (AvgIpc) is 2.36. The lowest BCUT2D eigenvalue weighted by Crippen LogP contribution is -2.33. The SMILES string of the molecule is C=CN(C=C=CC)CCCNC(=O)C(=O)OC. The Morgan fingerprint density at radius 1 is 1.53 bits per heavy atom. The van der Waals surface area contributed by atoms with Gasteiger partial charge in [0.25, 0.3) is 0 Å². The fourth-order valence-electron chi connectivity index (χ4n) is 1.01. The highest BCUT2D eigenvalue weighted by atomic mass is 16.5. The Kier molecular flexibility index (Phi) is 8.15. The van der Waals surface area contributed by atoms with Gasteiger partial charge < -0.3 is 15.0 Å². The van der Waals surface area contributed by atoms with Gasteiger partial charge in [-0.25, -0.2) is 4.79 Å². The van der Waals surface area contributed by atoms with E-state index in [-0.39, 0.29) is 0 Å².